The van der Waals surface area contributed by atoms with Crippen LogP contribution in [0.4, 0.5) is 0 Å². The van der Waals surface area contributed by atoms with Gasteiger partial charge < -0.3 is 9.64 Å². The largest absolute Gasteiger partial charge is 0.354 e. The van der Waals surface area contributed by atoms with Crippen LogP contribution in [0, 0.1) is 5.41 Å². The van der Waals surface area contributed by atoms with Crippen LogP contribution in [0.1, 0.15) is 34.1 Å². The Hall–Kier alpha value is -1.40. The van der Waals surface area contributed by atoms with Crippen LogP contribution < -0.4 is 0 Å². The lowest BCUT2D eigenvalue weighted by atomic mass is 9.76. The van der Waals surface area contributed by atoms with Crippen molar-refractivity contribution in [1.82, 2.24) is 4.90 Å². The van der Waals surface area contributed by atoms with Crippen molar-refractivity contribution in [1.29, 1.82) is 0 Å². The summed E-state index contributed by atoms with van der Waals surface area (Å²) in [6.45, 7) is 8.10. The summed E-state index contributed by atoms with van der Waals surface area (Å²) < 4.78 is 31.8. The number of fused-ring (bicyclic) bond motifs is 1. The highest BCUT2D eigenvalue weighted by Gasteiger charge is 2.58. The molecule has 0 N–H and O–H groups in total. The molecule has 0 bridgehead atoms. The quantitative estimate of drug-likeness (QED) is 0.830. The predicted octanol–water partition coefficient (Wildman–Crippen LogP) is 2.22. The Morgan fingerprint density at radius 3 is 2.35 bits per heavy atom. The summed E-state index contributed by atoms with van der Waals surface area (Å²) in [5, 5.41) is -1.06. The topological polar surface area (TPSA) is 63.7 Å². The fraction of sp³-hybridized carbons (Fsp3) is 0.588. The number of benzene rings is 1. The molecule has 1 aromatic carbocycles. The molecular formula is C17H23NO4S. The molecule has 0 saturated carbocycles. The van der Waals surface area contributed by atoms with Crippen LogP contribution in [-0.2, 0) is 19.4 Å². The van der Waals surface area contributed by atoms with Crippen molar-refractivity contribution in [2.45, 2.75) is 56.0 Å². The van der Waals surface area contributed by atoms with Gasteiger partial charge in [0.2, 0.25) is 5.91 Å². The van der Waals surface area contributed by atoms with Gasteiger partial charge in [0.05, 0.1) is 17.5 Å². The molecule has 0 unspecified atom stereocenters. The summed E-state index contributed by atoms with van der Waals surface area (Å²) in [6.07, 6.45) is 0.309. The smallest absolute Gasteiger partial charge is 0.243 e. The van der Waals surface area contributed by atoms with E-state index in [-0.39, 0.29) is 22.3 Å². The summed E-state index contributed by atoms with van der Waals surface area (Å²) >= 11 is 0. The number of piperidine rings is 1. The molecule has 0 aromatic heterocycles. The Kier molecular flexibility index (Phi) is 3.61. The molecule has 2 saturated heterocycles. The van der Waals surface area contributed by atoms with Crippen molar-refractivity contribution >= 4 is 15.7 Å². The van der Waals surface area contributed by atoms with E-state index in [1.54, 1.807) is 35.2 Å². The SMILES string of the molecule is CC1(C)C[C@H](S(=O)(=O)c2ccccc2)C(=O)N2[C@@H]1COC2(C)C. The van der Waals surface area contributed by atoms with Crippen molar-refractivity contribution in [3.8, 4) is 0 Å². The number of nitrogens with zero attached hydrogens (tertiary/aromatic N) is 1. The van der Waals surface area contributed by atoms with Crippen LogP contribution in [0.15, 0.2) is 35.2 Å². The third-order valence-electron chi connectivity index (χ3n) is 5.06. The van der Waals surface area contributed by atoms with E-state index in [4.69, 9.17) is 4.74 Å². The van der Waals surface area contributed by atoms with Gasteiger partial charge in [0.1, 0.15) is 11.0 Å². The van der Waals surface area contributed by atoms with Gasteiger partial charge in [-0.3, -0.25) is 4.79 Å². The average Bonchev–Trinajstić information content (AvgIpc) is 2.81. The van der Waals surface area contributed by atoms with Gasteiger partial charge in [-0.15, -0.1) is 0 Å². The van der Waals surface area contributed by atoms with Crippen LogP contribution in [0.25, 0.3) is 0 Å². The highest BCUT2D eigenvalue weighted by Crippen LogP contribution is 2.46. The summed E-state index contributed by atoms with van der Waals surface area (Å²) in [6, 6.07) is 8.13. The monoisotopic (exact) mass is 337 g/mol. The first-order valence-electron chi connectivity index (χ1n) is 7.83. The van der Waals surface area contributed by atoms with Gasteiger partial charge in [0.25, 0.3) is 0 Å². The van der Waals surface area contributed by atoms with Gasteiger partial charge in [0.15, 0.2) is 9.84 Å². The standard InChI is InChI=1S/C17H23NO4S/c1-16(2)10-13(23(20,21)12-8-6-5-7-9-12)15(19)18-14(16)11-22-17(18,3)4/h5-9,13-14H,10-11H2,1-4H3/t13-,14+/m0/s1. The zero-order valence-corrected chi connectivity index (χ0v) is 14.8. The highest BCUT2D eigenvalue weighted by atomic mass is 32.2. The molecule has 126 valence electrons. The van der Waals surface area contributed by atoms with Crippen LogP contribution >= 0.6 is 0 Å². The fourth-order valence-electron chi connectivity index (χ4n) is 3.67. The van der Waals surface area contributed by atoms with Crippen molar-refractivity contribution in [3.63, 3.8) is 0 Å². The van der Waals surface area contributed by atoms with Gasteiger partial charge in [0, 0.05) is 0 Å². The van der Waals surface area contributed by atoms with E-state index in [0.717, 1.165) is 0 Å². The Bertz CT molecular complexity index is 724. The summed E-state index contributed by atoms with van der Waals surface area (Å²) in [4.78, 5) is 14.8. The van der Waals surface area contributed by atoms with Gasteiger partial charge in [-0.1, -0.05) is 32.0 Å². The predicted molar refractivity (Wildman–Crippen MR) is 86.5 cm³/mol. The molecular weight excluding hydrogens is 314 g/mol. The lowest BCUT2D eigenvalue weighted by Gasteiger charge is -2.47. The van der Waals surface area contributed by atoms with Crippen LogP contribution in [0.5, 0.6) is 0 Å². The molecule has 2 aliphatic rings. The number of carbonyl (C=O) groups is 1. The molecule has 2 aliphatic heterocycles. The van der Waals surface area contributed by atoms with Crippen molar-refractivity contribution in [2.24, 2.45) is 5.41 Å². The van der Waals surface area contributed by atoms with Crippen LogP contribution in [-0.4, -0.2) is 42.8 Å². The van der Waals surface area contributed by atoms with E-state index in [9.17, 15) is 13.2 Å². The molecule has 0 radical (unpaired) electrons. The first-order valence-corrected chi connectivity index (χ1v) is 9.38. The second kappa shape index (κ2) is 5.05. The minimum absolute atomic E-state index is 0.0905. The number of rotatable bonds is 2. The first kappa shape index (κ1) is 16.5. The number of carbonyl (C=O) groups excluding carboxylic acids is 1. The summed E-state index contributed by atoms with van der Waals surface area (Å²) in [5.41, 5.74) is -1.10. The van der Waals surface area contributed by atoms with Gasteiger partial charge >= 0.3 is 0 Å². The Balaban J connectivity index is 2.06. The van der Waals surface area contributed by atoms with E-state index < -0.39 is 20.8 Å². The van der Waals surface area contributed by atoms with E-state index in [2.05, 4.69) is 0 Å². The normalized spacial score (nSPS) is 29.4. The average molecular weight is 337 g/mol. The van der Waals surface area contributed by atoms with E-state index >= 15 is 0 Å². The third kappa shape index (κ3) is 2.48. The second-order valence-electron chi connectivity index (χ2n) is 7.52. The van der Waals surface area contributed by atoms with Crippen LogP contribution in [0.3, 0.4) is 0 Å². The molecule has 5 nitrogen and oxygen atoms in total. The van der Waals surface area contributed by atoms with Crippen molar-refractivity contribution < 1.29 is 17.9 Å². The second-order valence-corrected chi connectivity index (χ2v) is 9.65. The summed E-state index contributed by atoms with van der Waals surface area (Å²) in [7, 11) is -3.72. The van der Waals surface area contributed by atoms with E-state index in [0.29, 0.717) is 13.0 Å². The lowest BCUT2D eigenvalue weighted by Crippen LogP contribution is -2.62. The molecule has 2 heterocycles. The Labute approximate surface area is 137 Å². The zero-order valence-electron chi connectivity index (χ0n) is 13.9. The van der Waals surface area contributed by atoms with Crippen molar-refractivity contribution in [2.75, 3.05) is 6.61 Å². The maximum absolute atomic E-state index is 13.0. The number of amides is 1. The minimum Gasteiger partial charge on any atom is -0.354 e. The Morgan fingerprint density at radius 1 is 1.13 bits per heavy atom. The number of sulfone groups is 1. The molecule has 3 rings (SSSR count). The molecule has 23 heavy (non-hydrogen) atoms. The maximum Gasteiger partial charge on any atom is 0.243 e. The molecule has 2 atom stereocenters. The van der Waals surface area contributed by atoms with E-state index in [1.807, 2.05) is 27.7 Å². The molecule has 1 aromatic rings. The van der Waals surface area contributed by atoms with Crippen molar-refractivity contribution in [3.05, 3.63) is 30.3 Å². The lowest BCUT2D eigenvalue weighted by molar-refractivity contribution is -0.153. The maximum atomic E-state index is 13.0. The van der Waals surface area contributed by atoms with Gasteiger partial charge in [-0.2, -0.15) is 0 Å². The van der Waals surface area contributed by atoms with Gasteiger partial charge in [-0.25, -0.2) is 8.42 Å². The molecule has 0 aliphatic carbocycles. The third-order valence-corrected chi connectivity index (χ3v) is 7.11. The Morgan fingerprint density at radius 2 is 1.74 bits per heavy atom. The molecule has 6 heteroatoms. The number of ether oxygens (including phenoxy) is 1. The van der Waals surface area contributed by atoms with E-state index in [1.165, 1.54) is 0 Å². The first-order chi connectivity index (χ1) is 10.6. The minimum atomic E-state index is -3.72. The highest BCUT2D eigenvalue weighted by molar-refractivity contribution is 7.92. The fourth-order valence-corrected chi connectivity index (χ4v) is 5.56. The molecule has 0 spiro atoms. The number of hydrogen-bond donors (Lipinski definition) is 0. The summed E-state index contributed by atoms with van der Waals surface area (Å²) in [5.74, 6) is -0.347. The zero-order chi connectivity index (χ0) is 17.0. The number of hydrogen-bond acceptors (Lipinski definition) is 4. The molecule has 1 amide bonds. The molecule has 2 fully saturated rings. The van der Waals surface area contributed by atoms with Gasteiger partial charge in [-0.05, 0) is 37.8 Å². The van der Waals surface area contributed by atoms with Crippen LogP contribution in [0.2, 0.25) is 0 Å².